The molecule has 1 fully saturated rings. The Kier molecular flexibility index (Phi) is 5.16. The highest BCUT2D eigenvalue weighted by Crippen LogP contribution is 2.34. The zero-order chi connectivity index (χ0) is 17.3. The number of aromatic nitrogens is 2. The fraction of sp³-hybridized carbons (Fsp3) is 0.733. The second kappa shape index (κ2) is 7.16. The van der Waals surface area contributed by atoms with E-state index in [0.29, 0.717) is 11.5 Å². The third-order valence-electron chi connectivity index (χ3n) is 4.57. The average Bonchev–Trinajstić information content (AvgIpc) is 3.12. The summed E-state index contributed by atoms with van der Waals surface area (Å²) >= 11 is 0. The molecule has 9 heteroatoms. The zero-order valence-corrected chi connectivity index (χ0v) is 13.7. The fourth-order valence-corrected chi connectivity index (χ4v) is 3.12. The quantitative estimate of drug-likeness (QED) is 0.511. The van der Waals surface area contributed by atoms with Crippen LogP contribution in [0.1, 0.15) is 38.0 Å². The molecule has 0 saturated carbocycles. The topological polar surface area (TPSA) is 129 Å². The lowest BCUT2D eigenvalue weighted by molar-refractivity contribution is -0.0823. The van der Waals surface area contributed by atoms with E-state index < -0.39 is 30.7 Å². The Morgan fingerprint density at radius 3 is 2.75 bits per heavy atom. The standard InChI is InChI=1S/C15H25N5O4/c1-2-3-4-5-19-7-17-10-13(16)20(8-18-14(10)19)15-12(23)11(22)9(6-21)24-15/h7-9,11-13,15,21-23H,2-6,16H2,1H3/t9-,11-,12+,13?,15-/m1/s1. The maximum atomic E-state index is 10.2. The first-order valence-corrected chi connectivity index (χ1v) is 8.33. The number of fused-ring (bicyclic) bond motifs is 1. The first-order chi connectivity index (χ1) is 11.6. The summed E-state index contributed by atoms with van der Waals surface area (Å²) in [6.45, 7) is 2.59. The van der Waals surface area contributed by atoms with E-state index in [0.717, 1.165) is 25.8 Å². The van der Waals surface area contributed by atoms with E-state index in [1.807, 2.05) is 4.57 Å². The number of imidazole rings is 1. The number of aliphatic imine (C=N–C) groups is 1. The van der Waals surface area contributed by atoms with Gasteiger partial charge >= 0.3 is 0 Å². The van der Waals surface area contributed by atoms with Gasteiger partial charge in [-0.1, -0.05) is 19.8 Å². The molecule has 1 unspecified atom stereocenters. The van der Waals surface area contributed by atoms with Crippen molar-refractivity contribution in [3.8, 4) is 0 Å². The molecule has 5 N–H and O–H groups in total. The van der Waals surface area contributed by atoms with Crippen molar-refractivity contribution < 1.29 is 20.1 Å². The lowest BCUT2D eigenvalue weighted by atomic mass is 10.1. The predicted octanol–water partition coefficient (Wildman–Crippen LogP) is -0.555. The van der Waals surface area contributed by atoms with E-state index in [9.17, 15) is 15.3 Å². The van der Waals surface area contributed by atoms with Crippen LogP contribution >= 0.6 is 0 Å². The summed E-state index contributed by atoms with van der Waals surface area (Å²) in [5.41, 5.74) is 6.86. The number of rotatable bonds is 6. The Balaban J connectivity index is 1.76. The van der Waals surface area contributed by atoms with Crippen LogP contribution in [0, 0.1) is 0 Å². The van der Waals surface area contributed by atoms with Crippen molar-refractivity contribution in [1.29, 1.82) is 0 Å². The van der Waals surface area contributed by atoms with Gasteiger partial charge in [-0.25, -0.2) is 9.98 Å². The molecule has 0 amide bonds. The molecule has 1 aromatic rings. The lowest BCUT2D eigenvalue weighted by Gasteiger charge is -2.34. The third-order valence-corrected chi connectivity index (χ3v) is 4.57. The summed E-state index contributed by atoms with van der Waals surface area (Å²) in [6.07, 6.45) is 1.81. The van der Waals surface area contributed by atoms with Crippen LogP contribution in [0.2, 0.25) is 0 Å². The number of nitrogens with zero attached hydrogens (tertiary/aromatic N) is 4. The van der Waals surface area contributed by atoms with Crippen molar-refractivity contribution in [2.24, 2.45) is 10.7 Å². The molecule has 24 heavy (non-hydrogen) atoms. The number of aryl methyl sites for hydroxylation is 1. The largest absolute Gasteiger partial charge is 0.394 e. The van der Waals surface area contributed by atoms with Gasteiger partial charge in [0.15, 0.2) is 12.0 Å². The van der Waals surface area contributed by atoms with E-state index in [-0.39, 0.29) is 6.61 Å². The molecule has 0 spiro atoms. The number of ether oxygens (including phenoxy) is 1. The van der Waals surface area contributed by atoms with E-state index in [2.05, 4.69) is 16.9 Å². The van der Waals surface area contributed by atoms with Gasteiger partial charge in [0.25, 0.3) is 0 Å². The third kappa shape index (κ3) is 2.93. The minimum Gasteiger partial charge on any atom is -0.394 e. The summed E-state index contributed by atoms with van der Waals surface area (Å²) in [5.74, 6) is 0.710. The number of hydrogen-bond donors (Lipinski definition) is 4. The SMILES string of the molecule is CCCCCn1cnc2c1N=CN([C@@H]1O[C@H](CO)[C@@H](O)[C@@H]1O)C2N. The molecule has 1 aromatic heterocycles. The number of nitrogens with two attached hydrogens (primary N) is 1. The molecule has 3 heterocycles. The minimum atomic E-state index is -1.19. The van der Waals surface area contributed by atoms with E-state index in [1.165, 1.54) is 11.2 Å². The summed E-state index contributed by atoms with van der Waals surface area (Å²) < 4.78 is 7.48. The normalized spacial score (nSPS) is 32.4. The molecule has 9 nitrogen and oxygen atoms in total. The van der Waals surface area contributed by atoms with Gasteiger partial charge in [-0.2, -0.15) is 0 Å². The van der Waals surface area contributed by atoms with Gasteiger partial charge in [-0.05, 0) is 6.42 Å². The molecule has 134 valence electrons. The molecule has 2 aliphatic heterocycles. The first kappa shape index (κ1) is 17.3. The van der Waals surface area contributed by atoms with E-state index in [1.54, 1.807) is 6.33 Å². The van der Waals surface area contributed by atoms with Crippen molar-refractivity contribution in [3.05, 3.63) is 12.0 Å². The first-order valence-electron chi connectivity index (χ1n) is 8.33. The Labute approximate surface area is 140 Å². The molecular weight excluding hydrogens is 314 g/mol. The molecular formula is C15H25N5O4. The van der Waals surface area contributed by atoms with Crippen LogP contribution < -0.4 is 5.73 Å². The highest BCUT2D eigenvalue weighted by molar-refractivity contribution is 5.65. The van der Waals surface area contributed by atoms with Crippen LogP contribution in [0.3, 0.4) is 0 Å². The smallest absolute Gasteiger partial charge is 0.161 e. The molecule has 1 saturated heterocycles. The number of hydrogen-bond acceptors (Lipinski definition) is 8. The summed E-state index contributed by atoms with van der Waals surface area (Å²) in [5, 5.41) is 29.3. The summed E-state index contributed by atoms with van der Waals surface area (Å²) in [7, 11) is 0. The van der Waals surface area contributed by atoms with Crippen molar-refractivity contribution in [2.75, 3.05) is 6.61 Å². The maximum Gasteiger partial charge on any atom is 0.161 e. The van der Waals surface area contributed by atoms with Gasteiger partial charge < -0.3 is 35.3 Å². The van der Waals surface area contributed by atoms with Gasteiger partial charge in [0, 0.05) is 6.54 Å². The molecule has 2 aliphatic rings. The minimum absolute atomic E-state index is 0.383. The van der Waals surface area contributed by atoms with Gasteiger partial charge in [-0.15, -0.1) is 0 Å². The summed E-state index contributed by atoms with van der Waals surface area (Å²) in [4.78, 5) is 10.3. The van der Waals surface area contributed by atoms with Crippen molar-refractivity contribution >= 4 is 12.2 Å². The highest BCUT2D eigenvalue weighted by Gasteiger charge is 2.47. The van der Waals surface area contributed by atoms with Crippen LogP contribution in [-0.4, -0.2) is 67.3 Å². The molecule has 0 aromatic carbocycles. The van der Waals surface area contributed by atoms with Crippen LogP contribution in [0.15, 0.2) is 11.3 Å². The second-order valence-electron chi connectivity index (χ2n) is 6.22. The van der Waals surface area contributed by atoms with Crippen molar-refractivity contribution in [3.63, 3.8) is 0 Å². The molecule has 0 radical (unpaired) electrons. The maximum absolute atomic E-state index is 10.2. The van der Waals surface area contributed by atoms with Crippen LogP contribution in [0.5, 0.6) is 0 Å². The van der Waals surface area contributed by atoms with Gasteiger partial charge in [-0.3, -0.25) is 0 Å². The van der Waals surface area contributed by atoms with Gasteiger partial charge in [0.2, 0.25) is 0 Å². The molecule has 5 atom stereocenters. The Bertz CT molecular complexity index is 592. The molecule has 0 aliphatic carbocycles. The van der Waals surface area contributed by atoms with Crippen LogP contribution in [0.4, 0.5) is 5.82 Å². The number of unbranched alkanes of at least 4 members (excludes halogenated alkanes) is 2. The molecule has 3 rings (SSSR count). The van der Waals surface area contributed by atoms with E-state index in [4.69, 9.17) is 10.5 Å². The Morgan fingerprint density at radius 2 is 2.08 bits per heavy atom. The second-order valence-corrected chi connectivity index (χ2v) is 6.22. The Morgan fingerprint density at radius 1 is 1.29 bits per heavy atom. The average molecular weight is 339 g/mol. The zero-order valence-electron chi connectivity index (χ0n) is 13.7. The number of aliphatic hydroxyl groups is 3. The lowest BCUT2D eigenvalue weighted by Crippen LogP contribution is -2.48. The van der Waals surface area contributed by atoms with Crippen molar-refractivity contribution in [2.45, 2.75) is 63.4 Å². The molecule has 0 bridgehead atoms. The highest BCUT2D eigenvalue weighted by atomic mass is 16.6. The van der Waals surface area contributed by atoms with Crippen LogP contribution in [0.25, 0.3) is 0 Å². The monoisotopic (exact) mass is 339 g/mol. The van der Waals surface area contributed by atoms with Crippen molar-refractivity contribution in [1.82, 2.24) is 14.5 Å². The predicted molar refractivity (Wildman–Crippen MR) is 86.4 cm³/mol. The van der Waals surface area contributed by atoms with Crippen LogP contribution in [-0.2, 0) is 11.3 Å². The number of aliphatic hydroxyl groups excluding tert-OH is 3. The fourth-order valence-electron chi connectivity index (χ4n) is 3.12. The van der Waals surface area contributed by atoms with E-state index >= 15 is 0 Å². The van der Waals surface area contributed by atoms with Gasteiger partial charge in [0.1, 0.15) is 30.2 Å². The summed E-state index contributed by atoms with van der Waals surface area (Å²) in [6, 6.07) is 0. The Hall–Kier alpha value is -1.52. The van der Waals surface area contributed by atoms with Gasteiger partial charge in [0.05, 0.1) is 19.3 Å².